The van der Waals surface area contributed by atoms with Crippen LogP contribution in [0, 0.1) is 13.8 Å². The molecule has 35 heavy (non-hydrogen) atoms. The molecule has 0 atom stereocenters. The van der Waals surface area contributed by atoms with Gasteiger partial charge in [0, 0.05) is 43.3 Å². The molecule has 1 aliphatic heterocycles. The number of allylic oxidation sites excluding steroid dienone is 1. The molecule has 1 aliphatic rings. The number of aromatic amines is 1. The lowest BCUT2D eigenvalue weighted by Gasteiger charge is -2.18. The van der Waals surface area contributed by atoms with Gasteiger partial charge in [-0.3, -0.25) is 14.4 Å². The van der Waals surface area contributed by atoms with Crippen LogP contribution in [-0.2, 0) is 14.3 Å². The summed E-state index contributed by atoms with van der Waals surface area (Å²) in [4.78, 5) is 43.7. The second kappa shape index (κ2) is 11.5. The lowest BCUT2D eigenvalue weighted by Crippen LogP contribution is -2.35. The van der Waals surface area contributed by atoms with Crippen molar-refractivity contribution in [1.29, 1.82) is 0 Å². The van der Waals surface area contributed by atoms with Crippen LogP contribution in [0.1, 0.15) is 41.2 Å². The molecule has 2 aromatic rings. The number of nitrogens with one attached hydrogen (secondary N) is 4. The van der Waals surface area contributed by atoms with Crippen LogP contribution in [0.25, 0.3) is 6.08 Å². The number of hydrogen-bond acceptors (Lipinski definition) is 6. The van der Waals surface area contributed by atoms with E-state index in [-0.39, 0.29) is 23.1 Å². The van der Waals surface area contributed by atoms with Crippen molar-refractivity contribution in [3.8, 4) is 0 Å². The predicted molar refractivity (Wildman–Crippen MR) is 136 cm³/mol. The van der Waals surface area contributed by atoms with Gasteiger partial charge in [-0.1, -0.05) is 32.0 Å². The summed E-state index contributed by atoms with van der Waals surface area (Å²) in [5.41, 5.74) is 3.03. The Morgan fingerprint density at radius 2 is 1.77 bits per heavy atom. The number of ketones is 1. The van der Waals surface area contributed by atoms with Gasteiger partial charge in [0.1, 0.15) is 0 Å². The summed E-state index contributed by atoms with van der Waals surface area (Å²) < 4.78 is 5.79. The van der Waals surface area contributed by atoms with E-state index in [0.29, 0.717) is 34.7 Å². The molecule has 9 nitrogen and oxygen atoms in total. The fraction of sp³-hybridized carbons (Fsp3) is 0.346. The standard InChI is InChI=1S/C26H33N5O4/c1-6-31(7-2)14-13-28-25(34)21-16(3)19(29-17(21)4)15-20-23(32)22(24(33)27-5)26(35-20)30-18-11-9-8-10-12-18/h8-12,15,29-30H,6-7,13-14H2,1-5H3,(H,27,33)(H,28,34)/b20-15+. The molecule has 4 N–H and O–H groups in total. The Labute approximate surface area is 205 Å². The third-order valence-corrected chi connectivity index (χ3v) is 5.96. The molecule has 0 bridgehead atoms. The van der Waals surface area contributed by atoms with E-state index in [4.69, 9.17) is 4.74 Å². The molecule has 0 unspecified atom stereocenters. The van der Waals surface area contributed by atoms with Crippen LogP contribution in [0.5, 0.6) is 0 Å². The van der Waals surface area contributed by atoms with Crippen LogP contribution in [0.2, 0.25) is 0 Å². The molecule has 0 spiro atoms. The maximum absolute atomic E-state index is 13.1. The van der Waals surface area contributed by atoms with E-state index in [1.807, 2.05) is 32.0 Å². The van der Waals surface area contributed by atoms with E-state index in [2.05, 4.69) is 39.7 Å². The Morgan fingerprint density at radius 3 is 2.40 bits per heavy atom. The molecule has 0 saturated heterocycles. The zero-order valence-electron chi connectivity index (χ0n) is 20.9. The summed E-state index contributed by atoms with van der Waals surface area (Å²) in [7, 11) is 1.45. The Morgan fingerprint density at radius 1 is 1.09 bits per heavy atom. The highest BCUT2D eigenvalue weighted by Crippen LogP contribution is 2.29. The third kappa shape index (κ3) is 5.81. The molecule has 0 saturated carbocycles. The number of hydrogen-bond donors (Lipinski definition) is 4. The molecule has 2 amide bonds. The van der Waals surface area contributed by atoms with Gasteiger partial charge in [-0.15, -0.1) is 0 Å². The number of Topliss-reactive ketones (excluding diaryl/α,β-unsaturated/α-hetero) is 1. The Hall–Kier alpha value is -3.85. The van der Waals surface area contributed by atoms with Gasteiger partial charge in [0.15, 0.2) is 11.3 Å². The van der Waals surface area contributed by atoms with Crippen molar-refractivity contribution in [2.45, 2.75) is 27.7 Å². The van der Waals surface area contributed by atoms with Gasteiger partial charge in [-0.25, -0.2) is 0 Å². The molecule has 186 valence electrons. The van der Waals surface area contributed by atoms with Gasteiger partial charge in [-0.05, 0) is 44.6 Å². The average molecular weight is 480 g/mol. The highest BCUT2D eigenvalue weighted by molar-refractivity contribution is 6.28. The topological polar surface area (TPSA) is 116 Å². The smallest absolute Gasteiger partial charge is 0.260 e. The molecular weight excluding hydrogens is 446 g/mol. The number of rotatable bonds is 10. The summed E-state index contributed by atoms with van der Waals surface area (Å²) >= 11 is 0. The summed E-state index contributed by atoms with van der Waals surface area (Å²) in [6.45, 7) is 10.9. The minimum atomic E-state index is -0.551. The number of nitrogens with zero attached hydrogens (tertiary/aromatic N) is 1. The lowest BCUT2D eigenvalue weighted by molar-refractivity contribution is -0.120. The normalized spacial score (nSPS) is 14.5. The average Bonchev–Trinajstić information content (AvgIpc) is 3.31. The number of aryl methyl sites for hydroxylation is 1. The first-order valence-corrected chi connectivity index (χ1v) is 11.7. The fourth-order valence-corrected chi connectivity index (χ4v) is 3.95. The van der Waals surface area contributed by atoms with Gasteiger partial charge in [0.25, 0.3) is 11.8 Å². The number of para-hydroxylation sites is 1. The van der Waals surface area contributed by atoms with E-state index >= 15 is 0 Å². The van der Waals surface area contributed by atoms with E-state index < -0.39 is 11.7 Å². The second-order valence-corrected chi connectivity index (χ2v) is 8.16. The zero-order valence-corrected chi connectivity index (χ0v) is 20.9. The molecule has 3 rings (SSSR count). The van der Waals surface area contributed by atoms with Crippen LogP contribution in [0.3, 0.4) is 0 Å². The quantitative estimate of drug-likeness (QED) is 0.308. The molecule has 1 aromatic heterocycles. The van der Waals surface area contributed by atoms with E-state index in [9.17, 15) is 14.4 Å². The molecule has 9 heteroatoms. The summed E-state index contributed by atoms with van der Waals surface area (Å²) in [5.74, 6) is -1.23. The fourth-order valence-electron chi connectivity index (χ4n) is 3.95. The number of carbonyl (C=O) groups excluding carboxylic acids is 3. The highest BCUT2D eigenvalue weighted by Gasteiger charge is 2.36. The lowest BCUT2D eigenvalue weighted by atomic mass is 10.1. The second-order valence-electron chi connectivity index (χ2n) is 8.16. The monoisotopic (exact) mass is 479 g/mol. The molecule has 1 aromatic carbocycles. The van der Waals surface area contributed by atoms with E-state index in [1.54, 1.807) is 12.1 Å². The molecule has 2 heterocycles. The molecule has 0 aliphatic carbocycles. The van der Waals surface area contributed by atoms with Crippen molar-refractivity contribution < 1.29 is 19.1 Å². The first-order chi connectivity index (χ1) is 16.8. The van der Waals surface area contributed by atoms with Crippen molar-refractivity contribution in [3.05, 3.63) is 70.1 Å². The number of anilines is 1. The largest absolute Gasteiger partial charge is 0.436 e. The Balaban J connectivity index is 1.82. The minimum absolute atomic E-state index is 0.0140. The van der Waals surface area contributed by atoms with Crippen LogP contribution >= 0.6 is 0 Å². The van der Waals surface area contributed by atoms with E-state index in [0.717, 1.165) is 19.6 Å². The molecule has 0 radical (unpaired) electrons. The maximum Gasteiger partial charge on any atom is 0.260 e. The molecule has 0 fully saturated rings. The van der Waals surface area contributed by atoms with Crippen LogP contribution < -0.4 is 16.0 Å². The van der Waals surface area contributed by atoms with Crippen LogP contribution in [-0.4, -0.2) is 60.7 Å². The number of likely N-dealkylation sites (N-methyl/N-ethyl adjacent to an activating group) is 2. The SMILES string of the molecule is CCN(CC)CCNC(=O)c1c(C)[nH]c(/C=C2/OC(Nc3ccccc3)=C(C(=O)NC)C2=O)c1C. The Kier molecular flexibility index (Phi) is 8.48. The maximum atomic E-state index is 13.1. The first kappa shape index (κ1) is 25.8. The summed E-state index contributed by atoms with van der Waals surface area (Å²) in [5, 5.41) is 8.45. The first-order valence-electron chi connectivity index (χ1n) is 11.7. The van der Waals surface area contributed by atoms with Crippen molar-refractivity contribution >= 4 is 29.4 Å². The predicted octanol–water partition coefficient (Wildman–Crippen LogP) is 2.71. The van der Waals surface area contributed by atoms with Crippen LogP contribution in [0.4, 0.5) is 5.69 Å². The number of benzene rings is 1. The molecular formula is C26H33N5O4. The number of carbonyl (C=O) groups is 3. The van der Waals surface area contributed by atoms with Gasteiger partial charge in [0.2, 0.25) is 11.7 Å². The van der Waals surface area contributed by atoms with Crippen molar-refractivity contribution in [3.63, 3.8) is 0 Å². The summed E-state index contributed by atoms with van der Waals surface area (Å²) in [6.07, 6.45) is 1.53. The van der Waals surface area contributed by atoms with Crippen molar-refractivity contribution in [1.82, 2.24) is 20.5 Å². The highest BCUT2D eigenvalue weighted by atomic mass is 16.5. The number of ether oxygens (including phenoxy) is 1. The van der Waals surface area contributed by atoms with Gasteiger partial charge in [-0.2, -0.15) is 0 Å². The van der Waals surface area contributed by atoms with Gasteiger partial charge >= 0.3 is 0 Å². The van der Waals surface area contributed by atoms with Crippen molar-refractivity contribution in [2.24, 2.45) is 0 Å². The Bertz CT molecular complexity index is 1160. The van der Waals surface area contributed by atoms with Crippen molar-refractivity contribution in [2.75, 3.05) is 38.5 Å². The third-order valence-electron chi connectivity index (χ3n) is 5.96. The number of H-pyrrole nitrogens is 1. The minimum Gasteiger partial charge on any atom is -0.436 e. The number of amides is 2. The summed E-state index contributed by atoms with van der Waals surface area (Å²) in [6, 6.07) is 9.12. The van der Waals surface area contributed by atoms with Gasteiger partial charge in [0.05, 0.1) is 5.56 Å². The zero-order chi connectivity index (χ0) is 25.5. The van der Waals surface area contributed by atoms with Crippen LogP contribution in [0.15, 0.2) is 47.5 Å². The van der Waals surface area contributed by atoms with Gasteiger partial charge < -0.3 is 30.6 Å². The van der Waals surface area contributed by atoms with E-state index in [1.165, 1.54) is 13.1 Å². The number of aromatic nitrogens is 1.